The molecule has 172 valence electrons. The number of epoxide rings is 1. The Bertz CT molecular complexity index is 546. The Morgan fingerprint density at radius 2 is 1.41 bits per heavy atom. The minimum Gasteiger partial charge on any atom is -0.413 e. The molecule has 5 atom stereocenters. The van der Waals surface area contributed by atoms with Crippen molar-refractivity contribution in [2.45, 2.75) is 122 Å². The molecule has 1 fully saturated rings. The monoisotopic (exact) mass is 444 g/mol. The van der Waals surface area contributed by atoms with E-state index in [9.17, 15) is 5.11 Å². The summed E-state index contributed by atoms with van der Waals surface area (Å²) in [7, 11) is -3.87. The van der Waals surface area contributed by atoms with Gasteiger partial charge in [-0.05, 0) is 43.2 Å². The number of ether oxygens (including phenoxy) is 1. The fraction of sp³-hybridized carbons (Fsp3) is 0.913. The molecule has 0 aliphatic carbocycles. The molecule has 0 aromatic rings. The van der Waals surface area contributed by atoms with E-state index in [0.29, 0.717) is 0 Å². The summed E-state index contributed by atoms with van der Waals surface area (Å²) in [5.74, 6) is 0.206. The van der Waals surface area contributed by atoms with Crippen LogP contribution in [0.5, 0.6) is 0 Å². The predicted octanol–water partition coefficient (Wildman–Crippen LogP) is 6.13. The number of allylic oxidation sites excluding steroid dienone is 1. The molecular weight excluding hydrogens is 396 g/mol. The van der Waals surface area contributed by atoms with Crippen molar-refractivity contribution in [1.29, 1.82) is 0 Å². The van der Waals surface area contributed by atoms with E-state index in [1.54, 1.807) is 0 Å². The molecular formula is C23H48O4Si2. The predicted molar refractivity (Wildman–Crippen MR) is 128 cm³/mol. The average Bonchev–Trinajstić information content (AvgIpc) is 3.28. The zero-order valence-electron chi connectivity index (χ0n) is 21.1. The van der Waals surface area contributed by atoms with Crippen LogP contribution in [0, 0.1) is 5.92 Å². The van der Waals surface area contributed by atoms with Crippen molar-refractivity contribution in [3.05, 3.63) is 12.2 Å². The number of rotatable bonds is 10. The molecule has 6 heteroatoms. The quantitative estimate of drug-likeness (QED) is 0.250. The average molecular weight is 445 g/mol. The van der Waals surface area contributed by atoms with Gasteiger partial charge in [-0.3, -0.25) is 0 Å². The van der Waals surface area contributed by atoms with Gasteiger partial charge < -0.3 is 18.7 Å². The minimum absolute atomic E-state index is 0.0157. The van der Waals surface area contributed by atoms with Gasteiger partial charge in [0.2, 0.25) is 0 Å². The van der Waals surface area contributed by atoms with E-state index >= 15 is 0 Å². The molecule has 1 saturated heterocycles. The second-order valence-corrected chi connectivity index (χ2v) is 21.3. The molecule has 1 rings (SSSR count). The highest BCUT2D eigenvalue weighted by atomic mass is 28.4. The SMILES string of the molecule is CC=C[C@@H](O[Si](C)(C)C(C)(C)C)[C@H](C)[C@H](C[C@@H]1O[C@H]1CO)O[Si](C)(C)C(C)(C)C. The van der Waals surface area contributed by atoms with Gasteiger partial charge in [0.25, 0.3) is 0 Å². The summed E-state index contributed by atoms with van der Waals surface area (Å²) >= 11 is 0. The van der Waals surface area contributed by atoms with Crippen molar-refractivity contribution in [3.63, 3.8) is 0 Å². The third-order valence-corrected chi connectivity index (χ3v) is 16.3. The van der Waals surface area contributed by atoms with Gasteiger partial charge in [-0.1, -0.05) is 60.6 Å². The lowest BCUT2D eigenvalue weighted by atomic mass is 9.94. The fourth-order valence-corrected chi connectivity index (χ4v) is 5.69. The van der Waals surface area contributed by atoms with Gasteiger partial charge in [-0.15, -0.1) is 0 Å². The molecule has 0 aromatic carbocycles. The van der Waals surface area contributed by atoms with Crippen molar-refractivity contribution in [2.75, 3.05) is 6.61 Å². The van der Waals surface area contributed by atoms with E-state index < -0.39 is 16.6 Å². The summed E-state index contributed by atoms with van der Waals surface area (Å²) in [6.07, 6.45) is 5.23. The van der Waals surface area contributed by atoms with E-state index in [2.05, 4.69) is 93.7 Å². The normalized spacial score (nSPS) is 24.6. The molecule has 4 nitrogen and oxygen atoms in total. The van der Waals surface area contributed by atoms with Crippen molar-refractivity contribution >= 4 is 16.6 Å². The Morgan fingerprint density at radius 3 is 1.79 bits per heavy atom. The molecule has 1 aliphatic heterocycles. The van der Waals surface area contributed by atoms with Gasteiger partial charge in [0, 0.05) is 12.3 Å². The zero-order valence-corrected chi connectivity index (χ0v) is 23.1. The second-order valence-electron chi connectivity index (χ2n) is 11.8. The van der Waals surface area contributed by atoms with E-state index in [-0.39, 0.29) is 47.0 Å². The van der Waals surface area contributed by atoms with E-state index in [0.717, 1.165) is 6.42 Å². The molecule has 0 bridgehead atoms. The maximum Gasteiger partial charge on any atom is 0.192 e. The lowest BCUT2D eigenvalue weighted by Crippen LogP contribution is -2.50. The molecule has 1 aliphatic rings. The zero-order chi connectivity index (χ0) is 22.8. The van der Waals surface area contributed by atoms with E-state index in [1.807, 2.05) is 0 Å². The molecule has 1 N–H and O–H groups in total. The fourth-order valence-electron chi connectivity index (χ4n) is 2.94. The van der Waals surface area contributed by atoms with Crippen LogP contribution in [0.3, 0.4) is 0 Å². The lowest BCUT2D eigenvalue weighted by molar-refractivity contribution is 0.0473. The van der Waals surface area contributed by atoms with E-state index in [1.165, 1.54) is 0 Å². The van der Waals surface area contributed by atoms with Crippen molar-refractivity contribution in [2.24, 2.45) is 5.92 Å². The highest BCUT2D eigenvalue weighted by Gasteiger charge is 2.47. The molecule has 0 radical (unpaired) electrons. The summed E-state index contributed by atoms with van der Waals surface area (Å²) in [4.78, 5) is 0. The second kappa shape index (κ2) is 9.66. The maximum absolute atomic E-state index is 9.44. The summed E-state index contributed by atoms with van der Waals surface area (Å²) in [5, 5.41) is 9.74. The first-order valence-corrected chi connectivity index (χ1v) is 17.0. The van der Waals surface area contributed by atoms with Gasteiger partial charge in [0.1, 0.15) is 6.10 Å². The topological polar surface area (TPSA) is 51.2 Å². The van der Waals surface area contributed by atoms with Gasteiger partial charge in [0.05, 0.1) is 24.9 Å². The first-order chi connectivity index (χ1) is 13.0. The largest absolute Gasteiger partial charge is 0.413 e. The number of aliphatic hydroxyl groups is 1. The van der Waals surface area contributed by atoms with Crippen LogP contribution in [-0.4, -0.2) is 52.8 Å². The Morgan fingerprint density at radius 1 is 0.931 bits per heavy atom. The highest BCUT2D eigenvalue weighted by Crippen LogP contribution is 2.42. The van der Waals surface area contributed by atoms with Gasteiger partial charge in [-0.2, -0.15) is 0 Å². The van der Waals surface area contributed by atoms with Crippen LogP contribution in [0.2, 0.25) is 36.3 Å². The highest BCUT2D eigenvalue weighted by molar-refractivity contribution is 6.74. The maximum atomic E-state index is 9.44. The molecule has 0 aromatic heterocycles. The van der Waals surface area contributed by atoms with E-state index in [4.69, 9.17) is 13.6 Å². The Kier molecular flexibility index (Phi) is 9.01. The van der Waals surface area contributed by atoms with Gasteiger partial charge >= 0.3 is 0 Å². The first kappa shape index (κ1) is 27.0. The molecule has 0 saturated carbocycles. The minimum atomic E-state index is -1.95. The molecule has 1 heterocycles. The van der Waals surface area contributed by atoms with Crippen LogP contribution in [-0.2, 0) is 13.6 Å². The van der Waals surface area contributed by atoms with Crippen molar-refractivity contribution in [3.8, 4) is 0 Å². The van der Waals surface area contributed by atoms with Crippen LogP contribution in [0.15, 0.2) is 12.2 Å². The van der Waals surface area contributed by atoms with Crippen LogP contribution in [0.1, 0.15) is 61.8 Å². The molecule has 0 spiro atoms. The van der Waals surface area contributed by atoms with Gasteiger partial charge in [0.15, 0.2) is 16.6 Å². The van der Waals surface area contributed by atoms with Crippen molar-refractivity contribution < 1.29 is 18.7 Å². The Balaban J connectivity index is 3.12. The first-order valence-electron chi connectivity index (χ1n) is 11.2. The molecule has 0 unspecified atom stereocenters. The molecule has 29 heavy (non-hydrogen) atoms. The van der Waals surface area contributed by atoms with Crippen molar-refractivity contribution in [1.82, 2.24) is 0 Å². The van der Waals surface area contributed by atoms with Crippen LogP contribution < -0.4 is 0 Å². The van der Waals surface area contributed by atoms with Gasteiger partial charge in [-0.25, -0.2) is 0 Å². The third kappa shape index (κ3) is 7.28. The summed E-state index contributed by atoms with van der Waals surface area (Å²) < 4.78 is 19.4. The van der Waals surface area contributed by atoms with Crippen LogP contribution in [0.4, 0.5) is 0 Å². The summed E-state index contributed by atoms with van der Waals surface area (Å²) in [5.41, 5.74) is 0. The molecule has 0 amide bonds. The van der Waals surface area contributed by atoms with Crippen LogP contribution >= 0.6 is 0 Å². The van der Waals surface area contributed by atoms with Crippen LogP contribution in [0.25, 0.3) is 0 Å². The number of hydrogen-bond donors (Lipinski definition) is 1. The Labute approximate surface area is 182 Å². The smallest absolute Gasteiger partial charge is 0.192 e. The Hall–Kier alpha value is 0.0138. The summed E-state index contributed by atoms with van der Waals surface area (Å²) in [6.45, 7) is 27.3. The summed E-state index contributed by atoms with van der Waals surface area (Å²) in [6, 6.07) is 0. The number of aliphatic hydroxyl groups excluding tert-OH is 1. The lowest BCUT2D eigenvalue weighted by Gasteiger charge is -2.44. The number of hydrogen-bond acceptors (Lipinski definition) is 4. The standard InChI is InChI=1S/C23H48O4Si2/c1-13-14-18(26-28(9,10)22(3,4)5)17(2)19(15-20-21(16-24)25-20)27-29(11,12)23(6,7)8/h13-14,17-21,24H,15-16H2,1-12H3/t17-,18+,19-,20-,21-/m0/s1. The third-order valence-electron chi connectivity index (χ3n) is 7.31.